The molecule has 0 radical (unpaired) electrons. The fraction of sp³-hybridized carbons (Fsp3) is 0.500. The number of ether oxygens (including phenoxy) is 2. The summed E-state index contributed by atoms with van der Waals surface area (Å²) in [6.45, 7) is 0. The van der Waals surface area contributed by atoms with Crippen LogP contribution in [-0.2, 0) is 0 Å². The molecular formula is C16H20N2O3. The molecule has 0 aromatic heterocycles. The SMILES string of the molecule is COc1ccc(C(=O)NC2(C#N)CCCCC2)cc1OC. The van der Waals surface area contributed by atoms with Gasteiger partial charge < -0.3 is 14.8 Å². The summed E-state index contributed by atoms with van der Waals surface area (Å²) in [5, 5.41) is 12.3. The van der Waals surface area contributed by atoms with Gasteiger partial charge in [-0.1, -0.05) is 19.3 Å². The van der Waals surface area contributed by atoms with Crippen LogP contribution in [0.4, 0.5) is 0 Å². The molecular weight excluding hydrogens is 268 g/mol. The first-order valence-corrected chi connectivity index (χ1v) is 7.10. The van der Waals surface area contributed by atoms with Crippen LogP contribution in [-0.4, -0.2) is 25.7 Å². The quantitative estimate of drug-likeness (QED) is 0.924. The van der Waals surface area contributed by atoms with E-state index in [0.717, 1.165) is 19.3 Å². The molecule has 112 valence electrons. The molecule has 0 spiro atoms. The number of rotatable bonds is 4. The summed E-state index contributed by atoms with van der Waals surface area (Å²) in [6.07, 6.45) is 4.49. The third-order valence-corrected chi connectivity index (χ3v) is 3.92. The smallest absolute Gasteiger partial charge is 0.252 e. The van der Waals surface area contributed by atoms with Crippen LogP contribution in [0.5, 0.6) is 11.5 Å². The van der Waals surface area contributed by atoms with E-state index in [2.05, 4.69) is 11.4 Å². The van der Waals surface area contributed by atoms with E-state index in [1.807, 2.05) is 0 Å². The molecule has 5 nitrogen and oxygen atoms in total. The van der Waals surface area contributed by atoms with Crippen molar-refractivity contribution in [1.29, 1.82) is 5.26 Å². The van der Waals surface area contributed by atoms with Gasteiger partial charge in [0, 0.05) is 5.56 Å². The second kappa shape index (κ2) is 6.49. The van der Waals surface area contributed by atoms with E-state index in [-0.39, 0.29) is 5.91 Å². The monoisotopic (exact) mass is 288 g/mol. The Balaban J connectivity index is 2.18. The third-order valence-electron chi connectivity index (χ3n) is 3.92. The first-order chi connectivity index (χ1) is 10.1. The van der Waals surface area contributed by atoms with Gasteiger partial charge in [-0.2, -0.15) is 5.26 Å². The summed E-state index contributed by atoms with van der Waals surface area (Å²) in [4.78, 5) is 12.4. The lowest BCUT2D eigenvalue weighted by Crippen LogP contribution is -2.48. The first kappa shape index (κ1) is 15.2. The number of carbonyl (C=O) groups is 1. The second-order valence-electron chi connectivity index (χ2n) is 5.28. The maximum absolute atomic E-state index is 12.4. The lowest BCUT2D eigenvalue weighted by Gasteiger charge is -2.31. The van der Waals surface area contributed by atoms with E-state index in [1.54, 1.807) is 25.3 Å². The Morgan fingerprint density at radius 3 is 2.43 bits per heavy atom. The highest BCUT2D eigenvalue weighted by Gasteiger charge is 2.33. The number of carbonyl (C=O) groups excluding carboxylic acids is 1. The maximum atomic E-state index is 12.4. The molecule has 0 unspecified atom stereocenters. The molecule has 1 aliphatic carbocycles. The molecule has 0 heterocycles. The molecule has 0 saturated heterocycles. The normalized spacial score (nSPS) is 16.6. The van der Waals surface area contributed by atoms with Crippen LogP contribution in [0.2, 0.25) is 0 Å². The van der Waals surface area contributed by atoms with Gasteiger partial charge in [0.25, 0.3) is 5.91 Å². The molecule has 1 N–H and O–H groups in total. The van der Waals surface area contributed by atoms with Gasteiger partial charge in [-0.15, -0.1) is 0 Å². The zero-order valence-electron chi connectivity index (χ0n) is 12.4. The van der Waals surface area contributed by atoms with Crippen molar-refractivity contribution in [3.8, 4) is 17.6 Å². The molecule has 0 aliphatic heterocycles. The number of hydrogen-bond acceptors (Lipinski definition) is 4. The lowest BCUT2D eigenvalue weighted by molar-refractivity contribution is 0.0902. The molecule has 1 saturated carbocycles. The van der Waals surface area contributed by atoms with Gasteiger partial charge in [0.15, 0.2) is 11.5 Å². The molecule has 1 aliphatic rings. The number of amides is 1. The number of nitrogens with zero attached hydrogens (tertiary/aromatic N) is 1. The number of methoxy groups -OCH3 is 2. The molecule has 0 bridgehead atoms. The van der Waals surface area contributed by atoms with Crippen LogP contribution in [0.25, 0.3) is 0 Å². The van der Waals surface area contributed by atoms with Crippen LogP contribution in [0.3, 0.4) is 0 Å². The van der Waals surface area contributed by atoms with Crippen molar-refractivity contribution in [1.82, 2.24) is 5.32 Å². The second-order valence-corrected chi connectivity index (χ2v) is 5.28. The van der Waals surface area contributed by atoms with Crippen LogP contribution in [0.15, 0.2) is 18.2 Å². The van der Waals surface area contributed by atoms with E-state index < -0.39 is 5.54 Å². The molecule has 1 aromatic rings. The zero-order valence-corrected chi connectivity index (χ0v) is 12.4. The van der Waals surface area contributed by atoms with E-state index >= 15 is 0 Å². The Morgan fingerprint density at radius 2 is 1.86 bits per heavy atom. The number of nitriles is 1. The van der Waals surface area contributed by atoms with Crippen LogP contribution < -0.4 is 14.8 Å². The lowest BCUT2D eigenvalue weighted by atomic mass is 9.82. The van der Waals surface area contributed by atoms with Gasteiger partial charge in [-0.3, -0.25) is 4.79 Å². The number of hydrogen-bond donors (Lipinski definition) is 1. The Kier molecular flexibility index (Phi) is 4.69. The van der Waals surface area contributed by atoms with Gasteiger partial charge in [0.1, 0.15) is 5.54 Å². The first-order valence-electron chi connectivity index (χ1n) is 7.10. The summed E-state index contributed by atoms with van der Waals surface area (Å²) >= 11 is 0. The minimum atomic E-state index is -0.734. The molecule has 1 fully saturated rings. The molecule has 2 rings (SSSR count). The fourth-order valence-corrected chi connectivity index (χ4v) is 2.69. The van der Waals surface area contributed by atoms with Gasteiger partial charge in [-0.25, -0.2) is 0 Å². The van der Waals surface area contributed by atoms with Crippen molar-refractivity contribution in [3.05, 3.63) is 23.8 Å². The van der Waals surface area contributed by atoms with Crippen LogP contribution >= 0.6 is 0 Å². The van der Waals surface area contributed by atoms with E-state index in [0.29, 0.717) is 29.9 Å². The molecule has 21 heavy (non-hydrogen) atoms. The van der Waals surface area contributed by atoms with Crippen molar-refractivity contribution in [2.75, 3.05) is 14.2 Å². The topological polar surface area (TPSA) is 71.3 Å². The van der Waals surface area contributed by atoms with Gasteiger partial charge in [0.2, 0.25) is 0 Å². The highest BCUT2D eigenvalue weighted by atomic mass is 16.5. The third kappa shape index (κ3) is 3.27. The van der Waals surface area contributed by atoms with Crippen molar-refractivity contribution >= 4 is 5.91 Å². The largest absolute Gasteiger partial charge is 0.493 e. The van der Waals surface area contributed by atoms with Gasteiger partial charge in [0.05, 0.1) is 20.3 Å². The molecule has 1 aromatic carbocycles. The van der Waals surface area contributed by atoms with Gasteiger partial charge >= 0.3 is 0 Å². The summed E-state index contributed by atoms with van der Waals surface area (Å²) in [5.41, 5.74) is -0.268. The summed E-state index contributed by atoms with van der Waals surface area (Å²) < 4.78 is 10.4. The van der Waals surface area contributed by atoms with E-state index in [1.165, 1.54) is 7.11 Å². The minimum absolute atomic E-state index is 0.251. The summed E-state index contributed by atoms with van der Waals surface area (Å²) in [7, 11) is 3.07. The average molecular weight is 288 g/mol. The Bertz CT molecular complexity index is 557. The fourth-order valence-electron chi connectivity index (χ4n) is 2.69. The van der Waals surface area contributed by atoms with Gasteiger partial charge in [-0.05, 0) is 31.0 Å². The summed E-state index contributed by atoms with van der Waals surface area (Å²) in [6, 6.07) is 7.27. The molecule has 0 atom stereocenters. The summed E-state index contributed by atoms with van der Waals surface area (Å²) in [5.74, 6) is 0.820. The molecule has 1 amide bonds. The Morgan fingerprint density at radius 1 is 1.19 bits per heavy atom. The van der Waals surface area contributed by atoms with E-state index in [4.69, 9.17) is 9.47 Å². The maximum Gasteiger partial charge on any atom is 0.252 e. The van der Waals surface area contributed by atoms with Crippen molar-refractivity contribution in [2.45, 2.75) is 37.6 Å². The van der Waals surface area contributed by atoms with Crippen molar-refractivity contribution < 1.29 is 14.3 Å². The predicted molar refractivity (Wildman–Crippen MR) is 78.4 cm³/mol. The molecule has 5 heteroatoms. The highest BCUT2D eigenvalue weighted by molar-refractivity contribution is 5.95. The van der Waals surface area contributed by atoms with Crippen LogP contribution in [0, 0.1) is 11.3 Å². The number of nitrogens with one attached hydrogen (secondary N) is 1. The average Bonchev–Trinajstić information content (AvgIpc) is 2.54. The minimum Gasteiger partial charge on any atom is -0.493 e. The van der Waals surface area contributed by atoms with Crippen LogP contribution in [0.1, 0.15) is 42.5 Å². The van der Waals surface area contributed by atoms with Crippen molar-refractivity contribution in [3.63, 3.8) is 0 Å². The number of benzene rings is 1. The Labute approximate surface area is 124 Å². The zero-order chi connectivity index (χ0) is 15.3. The predicted octanol–water partition coefficient (Wildman–Crippen LogP) is 2.66. The van der Waals surface area contributed by atoms with Crippen molar-refractivity contribution in [2.24, 2.45) is 0 Å². The highest BCUT2D eigenvalue weighted by Crippen LogP contribution is 2.30. The van der Waals surface area contributed by atoms with E-state index in [9.17, 15) is 10.1 Å². The standard InChI is InChI=1S/C16H20N2O3/c1-20-13-7-6-12(10-14(13)21-2)15(19)18-16(11-17)8-4-3-5-9-16/h6-7,10H,3-5,8-9H2,1-2H3,(H,18,19). The Hall–Kier alpha value is -2.22.